The van der Waals surface area contributed by atoms with Crippen molar-refractivity contribution in [3.8, 4) is 0 Å². The minimum absolute atomic E-state index is 0.438. The Balaban J connectivity index is 1.90. The zero-order valence-electron chi connectivity index (χ0n) is 9.88. The van der Waals surface area contributed by atoms with E-state index in [1.165, 1.54) is 0 Å². The van der Waals surface area contributed by atoms with Crippen molar-refractivity contribution in [3.05, 3.63) is 33.8 Å². The molecule has 1 N–H and O–H groups in total. The third kappa shape index (κ3) is 3.59. The Hall–Kier alpha value is -0.280. The molecule has 0 spiro atoms. The fraction of sp³-hybridized carbons (Fsp3) is 0.538. The van der Waals surface area contributed by atoms with Gasteiger partial charge in [-0.3, -0.25) is 0 Å². The first-order valence-corrected chi connectivity index (χ1v) is 6.67. The molecule has 17 heavy (non-hydrogen) atoms. The zero-order chi connectivity index (χ0) is 12.3. The number of ether oxygens (including phenoxy) is 1. The highest BCUT2D eigenvalue weighted by molar-refractivity contribution is 6.33. The predicted octanol–water partition coefficient (Wildman–Crippen LogP) is 3.51. The summed E-state index contributed by atoms with van der Waals surface area (Å²) < 4.78 is 5.39. The standard InChI is InChI=1S/C13H17Cl2NO/c1-9(10-4-5-17-8-10)16-7-11-6-12(14)2-3-13(11)15/h2-3,6,9-10,16H,4-5,7-8H2,1H3. The van der Waals surface area contributed by atoms with Crippen molar-refractivity contribution in [3.63, 3.8) is 0 Å². The van der Waals surface area contributed by atoms with Crippen LogP contribution in [0.3, 0.4) is 0 Å². The van der Waals surface area contributed by atoms with Gasteiger partial charge < -0.3 is 10.1 Å². The van der Waals surface area contributed by atoms with E-state index in [1.54, 1.807) is 0 Å². The molecular weight excluding hydrogens is 257 g/mol. The Morgan fingerprint density at radius 3 is 3.00 bits per heavy atom. The Morgan fingerprint density at radius 2 is 2.29 bits per heavy atom. The second-order valence-electron chi connectivity index (χ2n) is 4.53. The maximum absolute atomic E-state index is 6.12. The summed E-state index contributed by atoms with van der Waals surface area (Å²) in [5.41, 5.74) is 1.05. The van der Waals surface area contributed by atoms with Crippen LogP contribution in [0.1, 0.15) is 18.9 Å². The number of nitrogens with one attached hydrogen (secondary N) is 1. The van der Waals surface area contributed by atoms with Crippen molar-refractivity contribution in [1.29, 1.82) is 0 Å². The molecule has 94 valence electrons. The molecule has 2 atom stereocenters. The molecule has 2 unspecified atom stereocenters. The third-order valence-electron chi connectivity index (χ3n) is 3.29. The molecule has 0 radical (unpaired) electrons. The minimum Gasteiger partial charge on any atom is -0.381 e. The van der Waals surface area contributed by atoms with E-state index in [0.717, 1.165) is 41.8 Å². The molecule has 0 aromatic heterocycles. The van der Waals surface area contributed by atoms with E-state index in [9.17, 15) is 0 Å². The predicted molar refractivity (Wildman–Crippen MR) is 71.7 cm³/mol. The molecule has 2 nitrogen and oxygen atoms in total. The van der Waals surface area contributed by atoms with E-state index in [4.69, 9.17) is 27.9 Å². The maximum Gasteiger partial charge on any atom is 0.0509 e. The Bertz CT molecular complexity index is 378. The Kier molecular flexibility index (Phi) is 4.69. The van der Waals surface area contributed by atoms with Crippen LogP contribution in [0.4, 0.5) is 0 Å². The molecule has 0 amide bonds. The first-order chi connectivity index (χ1) is 8.16. The van der Waals surface area contributed by atoms with Gasteiger partial charge in [0.2, 0.25) is 0 Å². The van der Waals surface area contributed by atoms with Gasteiger partial charge in [-0.05, 0) is 43.0 Å². The van der Waals surface area contributed by atoms with Gasteiger partial charge in [0.05, 0.1) is 6.61 Å². The minimum atomic E-state index is 0.438. The van der Waals surface area contributed by atoms with E-state index in [2.05, 4.69) is 12.2 Å². The van der Waals surface area contributed by atoms with Crippen LogP contribution in [-0.4, -0.2) is 19.3 Å². The summed E-state index contributed by atoms with van der Waals surface area (Å²) in [5, 5.41) is 4.97. The zero-order valence-corrected chi connectivity index (χ0v) is 11.4. The first kappa shape index (κ1) is 13.2. The second-order valence-corrected chi connectivity index (χ2v) is 5.37. The average molecular weight is 274 g/mol. The maximum atomic E-state index is 6.12. The highest BCUT2D eigenvalue weighted by atomic mass is 35.5. The number of benzene rings is 1. The van der Waals surface area contributed by atoms with Crippen LogP contribution in [0.5, 0.6) is 0 Å². The highest BCUT2D eigenvalue weighted by Gasteiger charge is 2.21. The van der Waals surface area contributed by atoms with Crippen LogP contribution in [0, 0.1) is 5.92 Å². The molecule has 0 aliphatic carbocycles. The van der Waals surface area contributed by atoms with E-state index < -0.39 is 0 Å². The SMILES string of the molecule is CC(NCc1cc(Cl)ccc1Cl)C1CCOC1. The van der Waals surface area contributed by atoms with Gasteiger partial charge in [-0.2, -0.15) is 0 Å². The largest absolute Gasteiger partial charge is 0.381 e. The van der Waals surface area contributed by atoms with Gasteiger partial charge in [-0.1, -0.05) is 23.2 Å². The van der Waals surface area contributed by atoms with Gasteiger partial charge >= 0.3 is 0 Å². The lowest BCUT2D eigenvalue weighted by molar-refractivity contribution is 0.178. The van der Waals surface area contributed by atoms with E-state index >= 15 is 0 Å². The third-order valence-corrected chi connectivity index (χ3v) is 3.90. The molecule has 1 fully saturated rings. The van der Waals surface area contributed by atoms with Crippen LogP contribution in [-0.2, 0) is 11.3 Å². The van der Waals surface area contributed by atoms with Crippen molar-refractivity contribution in [2.75, 3.05) is 13.2 Å². The van der Waals surface area contributed by atoms with Gasteiger partial charge in [-0.15, -0.1) is 0 Å². The smallest absolute Gasteiger partial charge is 0.0509 e. The molecule has 1 aromatic carbocycles. The summed E-state index contributed by atoms with van der Waals surface area (Å²) >= 11 is 12.1. The second kappa shape index (κ2) is 6.05. The summed E-state index contributed by atoms with van der Waals surface area (Å²) in [6.45, 7) is 4.68. The normalized spacial score (nSPS) is 21.7. The van der Waals surface area contributed by atoms with E-state index in [0.29, 0.717) is 12.0 Å². The summed E-state index contributed by atoms with van der Waals surface area (Å²) in [6, 6.07) is 5.99. The van der Waals surface area contributed by atoms with Gasteiger partial charge in [-0.25, -0.2) is 0 Å². The topological polar surface area (TPSA) is 21.3 Å². The van der Waals surface area contributed by atoms with Crippen LogP contribution in [0.2, 0.25) is 10.0 Å². The van der Waals surface area contributed by atoms with Crippen molar-refractivity contribution in [1.82, 2.24) is 5.32 Å². The molecular formula is C13H17Cl2NO. The monoisotopic (exact) mass is 273 g/mol. The molecule has 1 aliphatic heterocycles. The molecule has 4 heteroatoms. The van der Waals surface area contributed by atoms with Crippen molar-refractivity contribution in [2.45, 2.75) is 25.9 Å². The van der Waals surface area contributed by atoms with Crippen molar-refractivity contribution < 1.29 is 4.74 Å². The van der Waals surface area contributed by atoms with E-state index in [1.807, 2.05) is 18.2 Å². The van der Waals surface area contributed by atoms with Gasteiger partial charge in [0.25, 0.3) is 0 Å². The highest BCUT2D eigenvalue weighted by Crippen LogP contribution is 2.21. The number of hydrogen-bond donors (Lipinski definition) is 1. The Morgan fingerprint density at radius 1 is 1.47 bits per heavy atom. The fourth-order valence-corrected chi connectivity index (χ4v) is 2.44. The summed E-state index contributed by atoms with van der Waals surface area (Å²) in [7, 11) is 0. The average Bonchev–Trinajstić information content (AvgIpc) is 2.83. The molecule has 1 saturated heterocycles. The van der Waals surface area contributed by atoms with Crippen LogP contribution in [0.25, 0.3) is 0 Å². The quantitative estimate of drug-likeness (QED) is 0.907. The molecule has 0 saturated carbocycles. The molecule has 1 aliphatic rings. The van der Waals surface area contributed by atoms with Gasteiger partial charge in [0.15, 0.2) is 0 Å². The molecule has 1 heterocycles. The Labute approximate surface area is 112 Å². The van der Waals surface area contributed by atoms with Gasteiger partial charge in [0.1, 0.15) is 0 Å². The molecule has 1 aromatic rings. The summed E-state index contributed by atoms with van der Waals surface area (Å²) in [6.07, 6.45) is 1.14. The van der Waals surface area contributed by atoms with Crippen molar-refractivity contribution in [2.24, 2.45) is 5.92 Å². The lowest BCUT2D eigenvalue weighted by Gasteiger charge is -2.19. The van der Waals surface area contributed by atoms with Crippen molar-refractivity contribution >= 4 is 23.2 Å². The molecule has 2 rings (SSSR count). The summed E-state index contributed by atoms with van der Waals surface area (Å²) in [5.74, 6) is 0.605. The lowest BCUT2D eigenvalue weighted by atomic mass is 10.0. The number of halogens is 2. The summed E-state index contributed by atoms with van der Waals surface area (Å²) in [4.78, 5) is 0. The van der Waals surface area contributed by atoms with Crippen LogP contribution >= 0.6 is 23.2 Å². The van der Waals surface area contributed by atoms with Crippen LogP contribution < -0.4 is 5.32 Å². The van der Waals surface area contributed by atoms with Crippen LogP contribution in [0.15, 0.2) is 18.2 Å². The lowest BCUT2D eigenvalue weighted by Crippen LogP contribution is -2.33. The van der Waals surface area contributed by atoms with Gasteiger partial charge in [0, 0.05) is 29.2 Å². The van der Waals surface area contributed by atoms with E-state index in [-0.39, 0.29) is 0 Å². The number of hydrogen-bond acceptors (Lipinski definition) is 2. The number of rotatable bonds is 4. The fourth-order valence-electron chi connectivity index (χ4n) is 2.06. The molecule has 0 bridgehead atoms. The first-order valence-electron chi connectivity index (χ1n) is 5.92.